The predicted octanol–water partition coefficient (Wildman–Crippen LogP) is 1.29. The first-order chi connectivity index (χ1) is 9.60. The van der Waals surface area contributed by atoms with Crippen LogP contribution < -0.4 is 0 Å². The summed E-state index contributed by atoms with van der Waals surface area (Å²) in [6, 6.07) is 3.94. The Morgan fingerprint density at radius 3 is 2.24 bits per heavy atom. The van der Waals surface area contributed by atoms with Gasteiger partial charge in [0.2, 0.25) is 0 Å². The van der Waals surface area contributed by atoms with Crippen molar-refractivity contribution in [1.82, 2.24) is 0 Å². The SMILES string of the molecule is CCCS(=O)(=O)CCS(=O)(=O)c1cccc(C(=O)O)c1C. The van der Waals surface area contributed by atoms with Crippen LogP contribution in [0.4, 0.5) is 0 Å². The predicted molar refractivity (Wildman–Crippen MR) is 79.1 cm³/mol. The van der Waals surface area contributed by atoms with Crippen molar-refractivity contribution in [3.63, 3.8) is 0 Å². The van der Waals surface area contributed by atoms with Gasteiger partial charge in [0.1, 0.15) is 0 Å². The first-order valence-electron chi connectivity index (χ1n) is 6.37. The largest absolute Gasteiger partial charge is 0.478 e. The third-order valence-corrected chi connectivity index (χ3v) is 7.00. The fourth-order valence-electron chi connectivity index (χ4n) is 1.94. The molecule has 1 N–H and O–H groups in total. The first-order valence-corrected chi connectivity index (χ1v) is 9.84. The smallest absolute Gasteiger partial charge is 0.335 e. The van der Waals surface area contributed by atoms with Gasteiger partial charge in [0.15, 0.2) is 19.7 Å². The van der Waals surface area contributed by atoms with E-state index < -0.39 is 37.1 Å². The van der Waals surface area contributed by atoms with Gasteiger partial charge in [-0.15, -0.1) is 0 Å². The minimum atomic E-state index is -3.84. The maximum atomic E-state index is 12.2. The highest BCUT2D eigenvalue weighted by atomic mass is 32.2. The van der Waals surface area contributed by atoms with Gasteiger partial charge in [-0.25, -0.2) is 21.6 Å². The van der Waals surface area contributed by atoms with Crippen LogP contribution in [0.15, 0.2) is 23.1 Å². The Balaban J connectivity index is 3.10. The molecule has 0 amide bonds. The second-order valence-corrected chi connectivity index (χ2v) is 9.09. The summed E-state index contributed by atoms with van der Waals surface area (Å²) in [7, 11) is -7.25. The maximum absolute atomic E-state index is 12.2. The van der Waals surface area contributed by atoms with Crippen LogP contribution >= 0.6 is 0 Å². The van der Waals surface area contributed by atoms with E-state index >= 15 is 0 Å². The van der Waals surface area contributed by atoms with Crippen LogP contribution in [-0.2, 0) is 19.7 Å². The molecule has 0 fully saturated rings. The Hall–Kier alpha value is -1.41. The van der Waals surface area contributed by atoms with Crippen LogP contribution in [0.25, 0.3) is 0 Å². The lowest BCUT2D eigenvalue weighted by Gasteiger charge is -2.10. The van der Waals surface area contributed by atoms with Gasteiger partial charge in [-0.05, 0) is 31.0 Å². The molecule has 0 bridgehead atoms. The molecule has 0 radical (unpaired) electrons. The van der Waals surface area contributed by atoms with Crippen LogP contribution in [0.1, 0.15) is 29.3 Å². The quantitative estimate of drug-likeness (QED) is 0.805. The number of rotatable bonds is 7. The van der Waals surface area contributed by atoms with Gasteiger partial charge in [-0.1, -0.05) is 13.0 Å². The molecular weight excluding hydrogens is 316 g/mol. The van der Waals surface area contributed by atoms with Gasteiger partial charge >= 0.3 is 5.97 Å². The number of benzene rings is 1. The molecule has 8 heteroatoms. The fraction of sp³-hybridized carbons (Fsp3) is 0.462. The van der Waals surface area contributed by atoms with E-state index in [0.717, 1.165) is 0 Å². The van der Waals surface area contributed by atoms with Crippen LogP contribution in [-0.4, -0.2) is 45.2 Å². The highest BCUT2D eigenvalue weighted by molar-refractivity contribution is 7.95. The van der Waals surface area contributed by atoms with Crippen LogP contribution in [0, 0.1) is 6.92 Å². The number of carbonyl (C=O) groups is 1. The molecule has 0 aliphatic carbocycles. The highest BCUT2D eigenvalue weighted by Crippen LogP contribution is 2.20. The van der Waals surface area contributed by atoms with Gasteiger partial charge in [-0.2, -0.15) is 0 Å². The van der Waals surface area contributed by atoms with E-state index in [1.165, 1.54) is 25.1 Å². The van der Waals surface area contributed by atoms with E-state index in [-0.39, 0.29) is 21.8 Å². The van der Waals surface area contributed by atoms with Crippen molar-refractivity contribution in [3.05, 3.63) is 29.3 Å². The second-order valence-electron chi connectivity index (χ2n) is 4.70. The third kappa shape index (κ3) is 4.53. The second kappa shape index (κ2) is 6.57. The molecule has 0 aliphatic heterocycles. The van der Waals surface area contributed by atoms with E-state index in [4.69, 9.17) is 5.11 Å². The van der Waals surface area contributed by atoms with Crippen LogP contribution in [0.2, 0.25) is 0 Å². The average molecular weight is 334 g/mol. The van der Waals surface area contributed by atoms with Gasteiger partial charge in [0, 0.05) is 5.75 Å². The molecule has 1 aromatic carbocycles. The highest BCUT2D eigenvalue weighted by Gasteiger charge is 2.23. The molecule has 0 saturated heterocycles. The number of hydrogen-bond acceptors (Lipinski definition) is 5. The summed E-state index contributed by atoms with van der Waals surface area (Å²) < 4.78 is 47.7. The lowest BCUT2D eigenvalue weighted by molar-refractivity contribution is 0.0695. The number of carboxylic acids is 1. The zero-order valence-corrected chi connectivity index (χ0v) is 13.5. The molecule has 0 heterocycles. The lowest BCUT2D eigenvalue weighted by Crippen LogP contribution is -2.20. The summed E-state index contributed by atoms with van der Waals surface area (Å²) in [6.45, 7) is 3.10. The zero-order valence-electron chi connectivity index (χ0n) is 11.9. The lowest BCUT2D eigenvalue weighted by atomic mass is 10.1. The van der Waals surface area contributed by atoms with E-state index in [9.17, 15) is 21.6 Å². The number of sulfone groups is 2. The van der Waals surface area contributed by atoms with Crippen LogP contribution in [0.5, 0.6) is 0 Å². The standard InChI is InChI=1S/C13H18O6S2/c1-3-7-20(16,17)8-9-21(18,19)12-6-4-5-11(10(12)2)13(14)15/h4-6H,3,7-9H2,1-2H3,(H,14,15). The van der Waals surface area contributed by atoms with Crippen LogP contribution in [0.3, 0.4) is 0 Å². The van der Waals surface area contributed by atoms with Gasteiger partial charge in [0.25, 0.3) is 0 Å². The molecule has 1 rings (SSSR count). The molecule has 118 valence electrons. The van der Waals surface area contributed by atoms with Crippen molar-refractivity contribution < 1.29 is 26.7 Å². The Labute approximate surface area is 124 Å². The van der Waals surface area contributed by atoms with Crippen molar-refractivity contribution in [2.75, 3.05) is 17.3 Å². The first kappa shape index (κ1) is 17.6. The summed E-state index contributed by atoms with van der Waals surface area (Å²) in [5, 5.41) is 8.99. The number of aromatic carboxylic acids is 1. The van der Waals surface area contributed by atoms with Gasteiger partial charge in [-0.3, -0.25) is 0 Å². The summed E-state index contributed by atoms with van der Waals surface area (Å²) in [6.07, 6.45) is 0.426. The van der Waals surface area contributed by atoms with E-state index in [1.54, 1.807) is 6.92 Å². The summed E-state index contributed by atoms with van der Waals surface area (Å²) in [5.74, 6) is -2.28. The monoisotopic (exact) mass is 334 g/mol. The summed E-state index contributed by atoms with van der Waals surface area (Å²) in [5.41, 5.74) is 0.0189. The van der Waals surface area contributed by atoms with E-state index in [1.807, 2.05) is 0 Å². The van der Waals surface area contributed by atoms with E-state index in [0.29, 0.717) is 6.42 Å². The minimum absolute atomic E-state index is 0.0589. The zero-order chi connectivity index (χ0) is 16.3. The van der Waals surface area contributed by atoms with Crippen molar-refractivity contribution in [1.29, 1.82) is 0 Å². The van der Waals surface area contributed by atoms with Gasteiger partial charge < -0.3 is 5.11 Å². The normalized spacial score (nSPS) is 12.3. The van der Waals surface area contributed by atoms with Gasteiger partial charge in [0.05, 0.1) is 22.0 Å². The minimum Gasteiger partial charge on any atom is -0.478 e. The van der Waals surface area contributed by atoms with Crippen molar-refractivity contribution in [3.8, 4) is 0 Å². The number of hydrogen-bond donors (Lipinski definition) is 1. The van der Waals surface area contributed by atoms with Crippen molar-refractivity contribution in [2.45, 2.75) is 25.2 Å². The van der Waals surface area contributed by atoms with Crippen molar-refractivity contribution >= 4 is 25.6 Å². The Bertz CT molecular complexity index is 732. The summed E-state index contributed by atoms with van der Waals surface area (Å²) >= 11 is 0. The summed E-state index contributed by atoms with van der Waals surface area (Å²) in [4.78, 5) is 10.9. The molecule has 0 atom stereocenters. The molecule has 0 saturated carbocycles. The Morgan fingerprint density at radius 1 is 1.10 bits per heavy atom. The maximum Gasteiger partial charge on any atom is 0.335 e. The molecule has 0 spiro atoms. The number of carboxylic acid groups (broad SMARTS) is 1. The third-order valence-electron chi connectivity index (χ3n) is 3.03. The molecule has 1 aromatic rings. The molecular formula is C13H18O6S2. The topological polar surface area (TPSA) is 106 Å². The fourth-order valence-corrected chi connectivity index (χ4v) is 5.74. The Kier molecular flexibility index (Phi) is 5.52. The molecule has 6 nitrogen and oxygen atoms in total. The molecule has 0 aromatic heterocycles. The van der Waals surface area contributed by atoms with E-state index in [2.05, 4.69) is 0 Å². The average Bonchev–Trinajstić information content (AvgIpc) is 2.36. The Morgan fingerprint density at radius 2 is 1.71 bits per heavy atom. The molecule has 0 unspecified atom stereocenters. The molecule has 21 heavy (non-hydrogen) atoms. The molecule has 0 aliphatic rings. The van der Waals surface area contributed by atoms with Crippen molar-refractivity contribution in [2.24, 2.45) is 0 Å².